The molecule has 3 unspecified atom stereocenters. The number of nitrogens with one attached hydrogen (secondary N) is 1. The van der Waals surface area contributed by atoms with E-state index in [-0.39, 0.29) is 24.0 Å². The van der Waals surface area contributed by atoms with Gasteiger partial charge in [0, 0.05) is 39.1 Å². The fraction of sp³-hybridized carbons (Fsp3) is 0.538. The zero-order valence-corrected chi connectivity index (χ0v) is 20.4. The summed E-state index contributed by atoms with van der Waals surface area (Å²) in [7, 11) is 0. The zero-order chi connectivity index (χ0) is 23.2. The second-order valence-electron chi connectivity index (χ2n) is 9.44. The molecule has 2 amide bonds. The Morgan fingerprint density at radius 3 is 2.39 bits per heavy atom. The molecule has 0 spiro atoms. The number of hydrogen-bond acceptors (Lipinski definition) is 5. The largest absolute Gasteiger partial charge is 0.373 e. The molecule has 3 atom stereocenters. The van der Waals surface area contributed by atoms with Crippen LogP contribution >= 0.6 is 11.3 Å². The van der Waals surface area contributed by atoms with Gasteiger partial charge in [-0.25, -0.2) is 0 Å². The number of nitrogens with zero attached hydrogens (tertiary/aromatic N) is 2. The molecule has 2 saturated heterocycles. The first-order valence-electron chi connectivity index (χ1n) is 12.0. The van der Waals surface area contributed by atoms with Gasteiger partial charge in [0.2, 0.25) is 5.91 Å². The van der Waals surface area contributed by atoms with Crippen LogP contribution in [0.2, 0.25) is 0 Å². The van der Waals surface area contributed by atoms with E-state index >= 15 is 0 Å². The Morgan fingerprint density at radius 1 is 1.06 bits per heavy atom. The first-order valence-corrected chi connectivity index (χ1v) is 12.9. The molecule has 1 aromatic heterocycles. The molecule has 0 radical (unpaired) electrons. The number of carbonyl (C=O) groups is 2. The molecular formula is C26H35N3O3S. The molecule has 2 aromatic rings. The smallest absolute Gasteiger partial charge is 0.262 e. The number of thiophene rings is 1. The minimum absolute atomic E-state index is 0.0239. The lowest BCUT2D eigenvalue weighted by atomic mass is 9.94. The number of carbonyl (C=O) groups excluding carboxylic acids is 2. The van der Waals surface area contributed by atoms with Crippen LogP contribution in [0.1, 0.15) is 41.9 Å². The SMILES string of the molecule is CC1CN(CC2CCN(C(=O)C(Cc3ccccc3)NC(=O)c3cccs3)CC2)CC(C)O1. The molecule has 2 fully saturated rings. The predicted molar refractivity (Wildman–Crippen MR) is 131 cm³/mol. The van der Waals surface area contributed by atoms with Crippen LogP contribution in [0.4, 0.5) is 0 Å². The molecule has 178 valence electrons. The molecule has 0 aliphatic carbocycles. The second kappa shape index (κ2) is 11.3. The zero-order valence-electron chi connectivity index (χ0n) is 19.6. The van der Waals surface area contributed by atoms with E-state index in [1.54, 1.807) is 6.07 Å². The maximum Gasteiger partial charge on any atom is 0.262 e. The third kappa shape index (κ3) is 6.65. The van der Waals surface area contributed by atoms with Crippen molar-refractivity contribution >= 4 is 23.2 Å². The molecule has 6 nitrogen and oxygen atoms in total. The highest BCUT2D eigenvalue weighted by Gasteiger charge is 2.31. The van der Waals surface area contributed by atoms with E-state index in [1.165, 1.54) is 11.3 Å². The van der Waals surface area contributed by atoms with Gasteiger partial charge in [-0.2, -0.15) is 0 Å². The number of piperidine rings is 1. The summed E-state index contributed by atoms with van der Waals surface area (Å²) < 4.78 is 5.86. The van der Waals surface area contributed by atoms with Crippen molar-refractivity contribution in [2.45, 2.75) is 51.4 Å². The Kier molecular flexibility index (Phi) is 8.17. The standard InChI is InChI=1S/C26H35N3O3S/c1-19-16-28(17-20(2)32-19)18-22-10-12-29(13-11-22)26(31)23(15-21-7-4-3-5-8-21)27-25(30)24-9-6-14-33-24/h3-9,14,19-20,22-23H,10-13,15-18H2,1-2H3,(H,27,30). The molecule has 0 bridgehead atoms. The molecule has 3 heterocycles. The summed E-state index contributed by atoms with van der Waals surface area (Å²) >= 11 is 1.39. The van der Waals surface area contributed by atoms with Gasteiger partial charge in [-0.1, -0.05) is 36.4 Å². The Balaban J connectivity index is 1.35. The minimum Gasteiger partial charge on any atom is -0.373 e. The van der Waals surface area contributed by atoms with Gasteiger partial charge in [-0.3, -0.25) is 14.5 Å². The van der Waals surface area contributed by atoms with Crippen molar-refractivity contribution in [3.05, 3.63) is 58.3 Å². The lowest BCUT2D eigenvalue weighted by Crippen LogP contribution is -2.53. The van der Waals surface area contributed by atoms with Gasteiger partial charge in [0.05, 0.1) is 17.1 Å². The van der Waals surface area contributed by atoms with Gasteiger partial charge < -0.3 is 15.0 Å². The van der Waals surface area contributed by atoms with Crippen molar-refractivity contribution in [2.24, 2.45) is 5.92 Å². The first kappa shape index (κ1) is 23.9. The van der Waals surface area contributed by atoms with Crippen LogP contribution in [0.25, 0.3) is 0 Å². The van der Waals surface area contributed by atoms with Crippen LogP contribution in [-0.2, 0) is 16.0 Å². The first-order chi connectivity index (χ1) is 16.0. The summed E-state index contributed by atoms with van der Waals surface area (Å²) in [5, 5.41) is 4.89. The van der Waals surface area contributed by atoms with E-state index < -0.39 is 6.04 Å². The molecule has 1 aromatic carbocycles. The Bertz CT molecular complexity index is 887. The minimum atomic E-state index is -0.556. The molecule has 33 heavy (non-hydrogen) atoms. The van der Waals surface area contributed by atoms with E-state index in [9.17, 15) is 9.59 Å². The van der Waals surface area contributed by atoms with Crippen molar-refractivity contribution in [1.82, 2.24) is 15.1 Å². The highest BCUT2D eigenvalue weighted by molar-refractivity contribution is 7.12. The van der Waals surface area contributed by atoms with Gasteiger partial charge in [-0.15, -0.1) is 11.3 Å². The fourth-order valence-electron chi connectivity index (χ4n) is 5.04. The van der Waals surface area contributed by atoms with Crippen LogP contribution in [0.15, 0.2) is 47.8 Å². The lowest BCUT2D eigenvalue weighted by Gasteiger charge is -2.40. The van der Waals surface area contributed by atoms with Crippen molar-refractivity contribution in [2.75, 3.05) is 32.7 Å². The van der Waals surface area contributed by atoms with E-state index in [2.05, 4.69) is 24.1 Å². The van der Waals surface area contributed by atoms with E-state index in [0.717, 1.165) is 51.1 Å². The van der Waals surface area contributed by atoms with Gasteiger partial charge >= 0.3 is 0 Å². The fourth-order valence-corrected chi connectivity index (χ4v) is 5.67. The third-order valence-electron chi connectivity index (χ3n) is 6.57. The summed E-state index contributed by atoms with van der Waals surface area (Å²) in [5.41, 5.74) is 1.05. The number of benzene rings is 1. The topological polar surface area (TPSA) is 61.9 Å². The average Bonchev–Trinajstić information content (AvgIpc) is 3.34. The molecule has 4 rings (SSSR count). The van der Waals surface area contributed by atoms with E-state index in [0.29, 0.717) is 17.2 Å². The molecule has 2 aliphatic heterocycles. The summed E-state index contributed by atoms with van der Waals surface area (Å²) in [6.07, 6.45) is 3.06. The van der Waals surface area contributed by atoms with Crippen molar-refractivity contribution in [1.29, 1.82) is 0 Å². The number of ether oxygens (including phenoxy) is 1. The maximum absolute atomic E-state index is 13.5. The second-order valence-corrected chi connectivity index (χ2v) is 10.4. The number of morpholine rings is 1. The Morgan fingerprint density at radius 2 is 1.76 bits per heavy atom. The van der Waals surface area contributed by atoms with Crippen LogP contribution in [0.5, 0.6) is 0 Å². The molecular weight excluding hydrogens is 434 g/mol. The summed E-state index contributed by atoms with van der Waals surface area (Å²) in [4.78, 5) is 31.3. The predicted octanol–water partition coefficient (Wildman–Crippen LogP) is 3.44. The summed E-state index contributed by atoms with van der Waals surface area (Å²) in [5.74, 6) is 0.445. The number of rotatable bonds is 7. The highest BCUT2D eigenvalue weighted by Crippen LogP contribution is 2.22. The molecule has 7 heteroatoms. The monoisotopic (exact) mass is 469 g/mol. The van der Waals surface area contributed by atoms with Crippen LogP contribution in [0.3, 0.4) is 0 Å². The van der Waals surface area contributed by atoms with Crippen molar-refractivity contribution in [3.8, 4) is 0 Å². The Labute approximate surface area is 200 Å². The molecule has 2 aliphatic rings. The van der Waals surface area contributed by atoms with E-state index in [1.807, 2.05) is 46.7 Å². The van der Waals surface area contributed by atoms with Gasteiger partial charge in [0.15, 0.2) is 0 Å². The number of likely N-dealkylation sites (tertiary alicyclic amines) is 1. The molecule has 0 saturated carbocycles. The van der Waals surface area contributed by atoms with E-state index in [4.69, 9.17) is 4.74 Å². The number of hydrogen-bond donors (Lipinski definition) is 1. The third-order valence-corrected chi connectivity index (χ3v) is 7.44. The van der Waals surface area contributed by atoms with Gasteiger partial charge in [0.1, 0.15) is 6.04 Å². The maximum atomic E-state index is 13.5. The van der Waals surface area contributed by atoms with Crippen LogP contribution in [-0.4, -0.2) is 72.6 Å². The van der Waals surface area contributed by atoms with Crippen LogP contribution < -0.4 is 5.32 Å². The summed E-state index contributed by atoms with van der Waals surface area (Å²) in [6.45, 7) is 8.82. The number of amides is 2. The average molecular weight is 470 g/mol. The van der Waals surface area contributed by atoms with Crippen molar-refractivity contribution < 1.29 is 14.3 Å². The summed E-state index contributed by atoms with van der Waals surface area (Å²) in [6, 6.07) is 13.0. The quantitative estimate of drug-likeness (QED) is 0.675. The van der Waals surface area contributed by atoms with Gasteiger partial charge in [-0.05, 0) is 49.6 Å². The normalized spacial score (nSPS) is 23.3. The molecule has 1 N–H and O–H groups in total. The van der Waals surface area contributed by atoms with Crippen LogP contribution in [0, 0.1) is 5.92 Å². The highest BCUT2D eigenvalue weighted by atomic mass is 32.1. The van der Waals surface area contributed by atoms with Gasteiger partial charge in [0.25, 0.3) is 5.91 Å². The Hall–Kier alpha value is -2.22. The lowest BCUT2D eigenvalue weighted by molar-refractivity contribution is -0.134. The van der Waals surface area contributed by atoms with Crippen molar-refractivity contribution in [3.63, 3.8) is 0 Å².